The highest BCUT2D eigenvalue weighted by molar-refractivity contribution is 7.89. The fourth-order valence-electron chi connectivity index (χ4n) is 5.38. The van der Waals surface area contributed by atoms with E-state index in [4.69, 9.17) is 13.8 Å². The standard InChI is InChI=1S/C30H45N2O7PS/c1-23-27(30(33)37-4)21-24(22-40(34,38-5)39-23)15-11-9-7-6-8-10-12-20-31-41(35,36)29-19-14-16-25-26(29)17-13-18-28(25)32(2)3/h13-14,16-19,24,31H,6-12,15,20-22H2,1-5H3. The number of benzene rings is 2. The van der Waals surface area contributed by atoms with Crippen molar-refractivity contribution >= 4 is 40.0 Å². The Bertz CT molecular complexity index is 1370. The highest BCUT2D eigenvalue weighted by Gasteiger charge is 2.36. The summed E-state index contributed by atoms with van der Waals surface area (Å²) < 4.78 is 57.4. The molecule has 0 aliphatic carbocycles. The van der Waals surface area contributed by atoms with Crippen LogP contribution in [0.1, 0.15) is 64.7 Å². The molecule has 2 atom stereocenters. The molecule has 0 saturated heterocycles. The first-order valence-electron chi connectivity index (χ1n) is 14.3. The highest BCUT2D eigenvalue weighted by Crippen LogP contribution is 2.54. The predicted molar refractivity (Wildman–Crippen MR) is 164 cm³/mol. The summed E-state index contributed by atoms with van der Waals surface area (Å²) in [6.45, 7) is 2.04. The molecule has 0 bridgehead atoms. The van der Waals surface area contributed by atoms with Crippen LogP contribution in [0, 0.1) is 5.92 Å². The van der Waals surface area contributed by atoms with Gasteiger partial charge in [-0.3, -0.25) is 0 Å². The van der Waals surface area contributed by atoms with Gasteiger partial charge in [-0.05, 0) is 44.2 Å². The number of allylic oxidation sites excluding steroid dienone is 1. The molecule has 228 valence electrons. The van der Waals surface area contributed by atoms with E-state index in [-0.39, 0.29) is 12.1 Å². The molecule has 1 N–H and O–H groups in total. The second-order valence-electron chi connectivity index (χ2n) is 10.8. The third-order valence-corrected chi connectivity index (χ3v) is 11.2. The molecule has 0 spiro atoms. The van der Waals surface area contributed by atoms with Crippen molar-refractivity contribution in [3.8, 4) is 0 Å². The molecular formula is C30H45N2O7PS. The van der Waals surface area contributed by atoms with Crippen molar-refractivity contribution in [3.63, 3.8) is 0 Å². The minimum atomic E-state index is -3.61. The number of fused-ring (bicyclic) bond motifs is 1. The molecule has 11 heteroatoms. The van der Waals surface area contributed by atoms with Gasteiger partial charge in [0.05, 0.1) is 23.7 Å². The topological polar surface area (TPSA) is 111 Å². The van der Waals surface area contributed by atoms with Crippen molar-refractivity contribution in [2.24, 2.45) is 5.92 Å². The normalized spacial score (nSPS) is 19.6. The maximum atomic E-state index is 13.1. The first-order valence-corrected chi connectivity index (χ1v) is 17.5. The molecule has 1 aliphatic heterocycles. The number of hydrogen-bond donors (Lipinski definition) is 1. The molecule has 0 amide bonds. The van der Waals surface area contributed by atoms with Gasteiger partial charge >= 0.3 is 13.6 Å². The number of methoxy groups -OCH3 is 1. The zero-order valence-electron chi connectivity index (χ0n) is 25.0. The number of carbonyl (C=O) groups is 1. The Kier molecular flexibility index (Phi) is 12.3. The second-order valence-corrected chi connectivity index (χ2v) is 14.7. The average molecular weight is 609 g/mol. The second kappa shape index (κ2) is 15.2. The van der Waals surface area contributed by atoms with Gasteiger partial charge in [0.15, 0.2) is 0 Å². The van der Waals surface area contributed by atoms with E-state index in [9.17, 15) is 17.8 Å². The van der Waals surface area contributed by atoms with E-state index in [1.165, 1.54) is 14.2 Å². The van der Waals surface area contributed by atoms with Crippen molar-refractivity contribution in [2.45, 2.75) is 69.6 Å². The third kappa shape index (κ3) is 9.05. The Morgan fingerprint density at radius 3 is 2.29 bits per heavy atom. The predicted octanol–water partition coefficient (Wildman–Crippen LogP) is 6.63. The SMILES string of the molecule is COC(=O)C1=C(C)OP(=O)(OC)CC(CCCCCCCCCNS(=O)(=O)c2cccc3c(N(C)C)cccc23)C1. The van der Waals surface area contributed by atoms with E-state index in [0.29, 0.717) is 29.2 Å². The van der Waals surface area contributed by atoms with E-state index in [1.807, 2.05) is 43.3 Å². The zero-order valence-corrected chi connectivity index (χ0v) is 26.7. The maximum absolute atomic E-state index is 13.1. The molecule has 0 radical (unpaired) electrons. The molecule has 9 nitrogen and oxygen atoms in total. The smallest absolute Gasteiger partial charge is 0.378 e. The molecule has 2 aromatic rings. The van der Waals surface area contributed by atoms with E-state index in [2.05, 4.69) is 4.72 Å². The molecule has 0 fully saturated rings. The number of sulfonamides is 1. The van der Waals surface area contributed by atoms with Gasteiger partial charge in [0.25, 0.3) is 0 Å². The molecule has 0 aromatic heterocycles. The molecule has 2 unspecified atom stereocenters. The molecule has 2 aromatic carbocycles. The van der Waals surface area contributed by atoms with Gasteiger partial charge in [-0.1, -0.05) is 62.8 Å². The molecule has 3 rings (SSSR count). The van der Waals surface area contributed by atoms with Gasteiger partial charge in [0.1, 0.15) is 5.76 Å². The van der Waals surface area contributed by atoms with E-state index in [0.717, 1.165) is 67.8 Å². The van der Waals surface area contributed by atoms with Gasteiger partial charge in [0, 0.05) is 44.2 Å². The van der Waals surface area contributed by atoms with Crippen LogP contribution in [0.3, 0.4) is 0 Å². The lowest BCUT2D eigenvalue weighted by Gasteiger charge is -2.19. The lowest BCUT2D eigenvalue weighted by Crippen LogP contribution is -2.25. The fourth-order valence-corrected chi connectivity index (χ4v) is 8.45. The van der Waals surface area contributed by atoms with Crippen molar-refractivity contribution in [1.82, 2.24) is 4.72 Å². The summed E-state index contributed by atoms with van der Waals surface area (Å²) in [5.74, 6) is -0.103. The first-order chi connectivity index (χ1) is 19.5. The quantitative estimate of drug-likeness (QED) is 0.136. The summed E-state index contributed by atoms with van der Waals surface area (Å²) >= 11 is 0. The number of nitrogens with one attached hydrogen (secondary N) is 1. The minimum Gasteiger partial charge on any atom is -0.466 e. The minimum absolute atomic E-state index is 0.0246. The van der Waals surface area contributed by atoms with Crippen molar-refractivity contribution in [2.75, 3.05) is 45.9 Å². The third-order valence-electron chi connectivity index (χ3n) is 7.60. The molecular weight excluding hydrogens is 563 g/mol. The Balaban J connectivity index is 1.37. The van der Waals surface area contributed by atoms with Crippen molar-refractivity contribution < 1.29 is 31.6 Å². The molecule has 1 heterocycles. The van der Waals surface area contributed by atoms with Crippen molar-refractivity contribution in [3.05, 3.63) is 47.7 Å². The number of ether oxygens (including phenoxy) is 1. The number of hydrogen-bond acceptors (Lipinski definition) is 8. The number of esters is 1. The fraction of sp³-hybridized carbons (Fsp3) is 0.567. The van der Waals surface area contributed by atoms with Gasteiger partial charge in [-0.25, -0.2) is 22.5 Å². The summed E-state index contributed by atoms with van der Waals surface area (Å²) in [4.78, 5) is 14.5. The number of carbonyl (C=O) groups excluding carboxylic acids is 1. The van der Waals surface area contributed by atoms with Crippen LogP contribution in [-0.2, 0) is 33.2 Å². The summed E-state index contributed by atoms with van der Waals surface area (Å²) in [5, 5.41) is 1.64. The molecule has 41 heavy (non-hydrogen) atoms. The van der Waals surface area contributed by atoms with Gasteiger partial charge in [-0.15, -0.1) is 0 Å². The van der Waals surface area contributed by atoms with Crippen molar-refractivity contribution in [1.29, 1.82) is 0 Å². The lowest BCUT2D eigenvalue weighted by atomic mass is 9.94. The number of nitrogens with zero attached hydrogens (tertiary/aromatic N) is 1. The van der Waals surface area contributed by atoms with Gasteiger partial charge in [-0.2, -0.15) is 0 Å². The number of rotatable bonds is 15. The average Bonchev–Trinajstić information content (AvgIpc) is 3.08. The van der Waals surface area contributed by atoms with Crippen LogP contribution in [-0.4, -0.2) is 55.4 Å². The largest absolute Gasteiger partial charge is 0.466 e. The summed E-state index contributed by atoms with van der Waals surface area (Å²) in [5.41, 5.74) is 1.41. The van der Waals surface area contributed by atoms with Crippen LogP contribution in [0.25, 0.3) is 10.8 Å². The summed E-state index contributed by atoms with van der Waals surface area (Å²) in [6, 6.07) is 11.1. The van der Waals surface area contributed by atoms with Crippen LogP contribution >= 0.6 is 7.60 Å². The van der Waals surface area contributed by atoms with Gasteiger partial charge < -0.3 is 18.7 Å². The summed E-state index contributed by atoms with van der Waals surface area (Å²) in [7, 11) is -0.287. The van der Waals surface area contributed by atoms with Crippen LogP contribution in [0.15, 0.2) is 52.6 Å². The van der Waals surface area contributed by atoms with Crippen LogP contribution in [0.4, 0.5) is 5.69 Å². The van der Waals surface area contributed by atoms with Crippen LogP contribution in [0.2, 0.25) is 0 Å². The van der Waals surface area contributed by atoms with E-state index in [1.54, 1.807) is 19.1 Å². The highest BCUT2D eigenvalue weighted by atomic mass is 32.2. The first kappa shape index (κ1) is 33.1. The maximum Gasteiger partial charge on any atom is 0.378 e. The number of anilines is 1. The van der Waals surface area contributed by atoms with E-state index >= 15 is 0 Å². The van der Waals surface area contributed by atoms with Crippen LogP contribution < -0.4 is 9.62 Å². The monoisotopic (exact) mass is 608 g/mol. The van der Waals surface area contributed by atoms with Crippen LogP contribution in [0.5, 0.6) is 0 Å². The Hall–Kier alpha value is -2.39. The number of unbranched alkanes of at least 4 members (excludes halogenated alkanes) is 6. The summed E-state index contributed by atoms with van der Waals surface area (Å²) in [6.07, 6.45) is 8.48. The Morgan fingerprint density at radius 1 is 1.00 bits per heavy atom. The van der Waals surface area contributed by atoms with Gasteiger partial charge in [0.2, 0.25) is 10.0 Å². The Morgan fingerprint density at radius 2 is 1.63 bits per heavy atom. The van der Waals surface area contributed by atoms with E-state index < -0.39 is 23.6 Å². The zero-order chi connectivity index (χ0) is 30.0. The molecule has 1 aliphatic rings. The Labute approximate surface area is 245 Å². The molecule has 0 saturated carbocycles. The lowest BCUT2D eigenvalue weighted by molar-refractivity contribution is -0.136.